The van der Waals surface area contributed by atoms with Crippen molar-refractivity contribution in [2.24, 2.45) is 0 Å². The number of anilines is 3. The number of hydrogen-bond acceptors (Lipinski definition) is 8. The monoisotopic (exact) mass is 437 g/mol. The van der Waals surface area contributed by atoms with Crippen LogP contribution in [-0.4, -0.2) is 71.4 Å². The van der Waals surface area contributed by atoms with E-state index in [1.807, 2.05) is 30.3 Å². The zero-order valence-electron chi connectivity index (χ0n) is 18.5. The number of alkyl halides is 1. The van der Waals surface area contributed by atoms with Gasteiger partial charge < -0.3 is 19.8 Å². The number of aryl methyl sites for hydroxylation is 1. The quantitative estimate of drug-likeness (QED) is 0.630. The van der Waals surface area contributed by atoms with Crippen LogP contribution in [0.15, 0.2) is 30.6 Å². The van der Waals surface area contributed by atoms with E-state index in [4.69, 9.17) is 4.98 Å². The summed E-state index contributed by atoms with van der Waals surface area (Å²) in [6.45, 7) is 5.71. The summed E-state index contributed by atoms with van der Waals surface area (Å²) in [5.41, 5.74) is 0.395. The summed E-state index contributed by atoms with van der Waals surface area (Å²) in [5.74, 6) is 2.76. The molecule has 32 heavy (non-hydrogen) atoms. The number of rotatable bonds is 6. The van der Waals surface area contributed by atoms with Crippen LogP contribution in [0.5, 0.6) is 0 Å². The highest BCUT2D eigenvalue weighted by Crippen LogP contribution is 2.49. The Morgan fingerprint density at radius 3 is 2.47 bits per heavy atom. The Bertz CT molecular complexity index is 1130. The topological polar surface area (TPSA) is 81.5 Å². The molecule has 1 saturated carbocycles. The predicted octanol–water partition coefficient (Wildman–Crippen LogP) is 2.44. The Balaban J connectivity index is 1.49. The van der Waals surface area contributed by atoms with E-state index in [9.17, 15) is 9.50 Å². The first kappa shape index (κ1) is 20.8. The lowest BCUT2D eigenvalue weighted by Gasteiger charge is -2.37. The zero-order chi connectivity index (χ0) is 22.3. The molecular weight excluding hydrogens is 409 g/mol. The molecule has 0 unspecified atom stereocenters. The lowest BCUT2D eigenvalue weighted by molar-refractivity contribution is 0.301. The van der Waals surface area contributed by atoms with Crippen LogP contribution in [0.2, 0.25) is 0 Å². The third kappa shape index (κ3) is 3.81. The Kier molecular flexibility index (Phi) is 5.28. The Hall–Kier alpha value is -3.07. The molecule has 0 aromatic carbocycles. The highest BCUT2D eigenvalue weighted by molar-refractivity contribution is 5.91. The van der Waals surface area contributed by atoms with Gasteiger partial charge in [0.1, 0.15) is 17.5 Å². The average molecular weight is 438 g/mol. The highest BCUT2D eigenvalue weighted by Gasteiger charge is 2.48. The fourth-order valence-electron chi connectivity index (χ4n) is 4.19. The maximum atomic E-state index is 14.9. The molecule has 4 heterocycles. The Morgan fingerprint density at radius 2 is 1.81 bits per heavy atom. The second kappa shape index (κ2) is 8.12. The van der Waals surface area contributed by atoms with Gasteiger partial charge in [0.15, 0.2) is 11.5 Å². The first-order valence-electron chi connectivity index (χ1n) is 11.1. The molecule has 0 atom stereocenters. The number of pyridine rings is 2. The summed E-state index contributed by atoms with van der Waals surface area (Å²) < 4.78 is 14.9. The first-order chi connectivity index (χ1) is 15.5. The lowest BCUT2D eigenvalue weighted by Crippen LogP contribution is -2.47. The van der Waals surface area contributed by atoms with Crippen LogP contribution >= 0.6 is 0 Å². The van der Waals surface area contributed by atoms with Gasteiger partial charge in [0.25, 0.3) is 0 Å². The second-order valence-corrected chi connectivity index (χ2v) is 8.66. The van der Waals surface area contributed by atoms with Gasteiger partial charge in [-0.2, -0.15) is 0 Å². The summed E-state index contributed by atoms with van der Waals surface area (Å²) in [4.78, 5) is 24.7. The minimum Gasteiger partial charge on any atom is -0.395 e. The number of aliphatic hydroxyl groups is 1. The molecule has 1 saturated heterocycles. The van der Waals surface area contributed by atoms with Gasteiger partial charge in [0, 0.05) is 51.4 Å². The van der Waals surface area contributed by atoms with Gasteiger partial charge in [-0.25, -0.2) is 24.3 Å². The van der Waals surface area contributed by atoms with Crippen LogP contribution in [0.25, 0.3) is 10.9 Å². The van der Waals surface area contributed by atoms with Gasteiger partial charge in [0.05, 0.1) is 18.3 Å². The van der Waals surface area contributed by atoms with E-state index < -0.39 is 5.67 Å². The van der Waals surface area contributed by atoms with Gasteiger partial charge in [0.2, 0.25) is 0 Å². The number of nitrogens with zero attached hydrogens (tertiary/aromatic N) is 7. The second-order valence-electron chi connectivity index (χ2n) is 8.66. The Labute approximate surface area is 186 Å². The number of hydrogen-bond donors (Lipinski definition) is 1. The van der Waals surface area contributed by atoms with Crippen molar-refractivity contribution in [3.63, 3.8) is 0 Å². The van der Waals surface area contributed by atoms with Crippen LogP contribution in [0, 0.1) is 6.92 Å². The number of aromatic nitrogens is 4. The molecule has 5 rings (SSSR count). The summed E-state index contributed by atoms with van der Waals surface area (Å²) in [7, 11) is 1.88. The smallest absolute Gasteiger partial charge is 0.170 e. The minimum absolute atomic E-state index is 0.0395. The van der Waals surface area contributed by atoms with Gasteiger partial charge in [-0.15, -0.1) is 0 Å². The van der Waals surface area contributed by atoms with Crippen LogP contribution in [-0.2, 0) is 5.67 Å². The minimum atomic E-state index is -1.41. The summed E-state index contributed by atoms with van der Waals surface area (Å²) >= 11 is 0. The molecule has 9 heteroatoms. The molecule has 1 aliphatic heterocycles. The normalized spacial score (nSPS) is 17.6. The number of fused-ring (bicyclic) bond motifs is 1. The molecule has 3 aromatic heterocycles. The van der Waals surface area contributed by atoms with Gasteiger partial charge in [-0.1, -0.05) is 6.07 Å². The fraction of sp³-hybridized carbons (Fsp3) is 0.478. The molecular formula is C23H28FN7O. The van der Waals surface area contributed by atoms with Crippen molar-refractivity contribution in [3.8, 4) is 0 Å². The third-order valence-corrected chi connectivity index (χ3v) is 6.32. The molecule has 1 N–H and O–H groups in total. The first-order valence-corrected chi connectivity index (χ1v) is 11.1. The SMILES string of the molecule is Cc1cccnc1N1CCN(c2nc(C3(F)CC3)nc3cnc(N(C)CCO)cc23)CC1. The number of halogens is 1. The maximum absolute atomic E-state index is 14.9. The van der Waals surface area contributed by atoms with Crippen molar-refractivity contribution in [1.29, 1.82) is 0 Å². The highest BCUT2D eigenvalue weighted by atomic mass is 19.1. The molecule has 0 amide bonds. The number of piperazine rings is 1. The van der Waals surface area contributed by atoms with Gasteiger partial charge in [-0.05, 0) is 37.5 Å². The fourth-order valence-corrected chi connectivity index (χ4v) is 4.19. The maximum Gasteiger partial charge on any atom is 0.170 e. The van der Waals surface area contributed by atoms with Crippen molar-refractivity contribution < 1.29 is 9.50 Å². The number of likely N-dealkylation sites (N-methyl/N-ethyl adjacent to an activating group) is 1. The third-order valence-electron chi connectivity index (χ3n) is 6.32. The summed E-state index contributed by atoms with van der Waals surface area (Å²) in [5, 5.41) is 10.1. The van der Waals surface area contributed by atoms with E-state index in [0.717, 1.165) is 54.6 Å². The van der Waals surface area contributed by atoms with Crippen molar-refractivity contribution in [2.45, 2.75) is 25.4 Å². The molecule has 0 radical (unpaired) electrons. The predicted molar refractivity (Wildman–Crippen MR) is 123 cm³/mol. The van der Waals surface area contributed by atoms with Gasteiger partial charge >= 0.3 is 0 Å². The van der Waals surface area contributed by atoms with Crippen molar-refractivity contribution >= 4 is 28.4 Å². The molecule has 2 aliphatic rings. The van der Waals surface area contributed by atoms with E-state index >= 15 is 0 Å². The van der Waals surface area contributed by atoms with Crippen molar-refractivity contribution in [3.05, 3.63) is 42.0 Å². The summed E-state index contributed by atoms with van der Waals surface area (Å²) in [6, 6.07) is 5.97. The summed E-state index contributed by atoms with van der Waals surface area (Å²) in [6.07, 6.45) is 4.45. The average Bonchev–Trinajstić information content (AvgIpc) is 3.57. The van der Waals surface area contributed by atoms with Crippen molar-refractivity contribution in [1.82, 2.24) is 19.9 Å². The van der Waals surface area contributed by atoms with E-state index in [2.05, 4.69) is 37.7 Å². The number of aliphatic hydroxyl groups excluding tert-OH is 1. The molecule has 0 bridgehead atoms. The lowest BCUT2D eigenvalue weighted by atomic mass is 10.2. The molecule has 0 spiro atoms. The standard InChI is InChI=1S/C23H28FN7O/c1-16-4-3-7-25-20(16)30-8-10-31(11-9-30)21-17-14-19(29(2)12-13-32)26-15-18(17)27-22(28-21)23(24)5-6-23/h3-4,7,14-15,32H,5-6,8-13H2,1-2H3. The largest absolute Gasteiger partial charge is 0.395 e. The Morgan fingerprint density at radius 1 is 1.09 bits per heavy atom. The van der Waals surface area contributed by atoms with Gasteiger partial charge in [-0.3, -0.25) is 0 Å². The van der Waals surface area contributed by atoms with Crippen molar-refractivity contribution in [2.75, 3.05) is 61.1 Å². The van der Waals surface area contributed by atoms with Crippen LogP contribution in [0.4, 0.5) is 21.8 Å². The zero-order valence-corrected chi connectivity index (χ0v) is 18.5. The van der Waals surface area contributed by atoms with Crippen LogP contribution < -0.4 is 14.7 Å². The van der Waals surface area contributed by atoms with Crippen LogP contribution in [0.1, 0.15) is 24.2 Å². The molecule has 3 aromatic rings. The molecule has 168 valence electrons. The molecule has 2 fully saturated rings. The van der Waals surface area contributed by atoms with E-state index in [0.29, 0.717) is 24.9 Å². The molecule has 8 nitrogen and oxygen atoms in total. The van der Waals surface area contributed by atoms with E-state index in [1.165, 1.54) is 0 Å². The van der Waals surface area contributed by atoms with Crippen LogP contribution in [0.3, 0.4) is 0 Å². The van der Waals surface area contributed by atoms with E-state index in [-0.39, 0.29) is 12.4 Å². The van der Waals surface area contributed by atoms with E-state index in [1.54, 1.807) is 6.20 Å². The molecule has 1 aliphatic carbocycles.